The van der Waals surface area contributed by atoms with Crippen molar-refractivity contribution >= 4 is 27.9 Å². The van der Waals surface area contributed by atoms with Gasteiger partial charge in [0.25, 0.3) is 0 Å². The molecule has 1 aliphatic carbocycles. The Morgan fingerprint density at radius 2 is 1.97 bits per heavy atom. The SMILES string of the molecule is COC(=O)N[C@@H](C(=O)N1CC=C[C@H]1c1nc(-c2ccc(Br)cc2)c[nH]1)C1CCCCC1. The normalized spacial score (nSPS) is 19.9. The molecule has 31 heavy (non-hydrogen) atoms. The van der Waals surface area contributed by atoms with Gasteiger partial charge in [-0.2, -0.15) is 0 Å². The van der Waals surface area contributed by atoms with Crippen molar-refractivity contribution in [1.29, 1.82) is 0 Å². The number of hydrogen-bond acceptors (Lipinski definition) is 4. The monoisotopic (exact) mass is 486 g/mol. The number of H-pyrrole nitrogens is 1. The van der Waals surface area contributed by atoms with Crippen molar-refractivity contribution in [2.24, 2.45) is 5.92 Å². The van der Waals surface area contributed by atoms with Gasteiger partial charge in [0.15, 0.2) is 0 Å². The van der Waals surface area contributed by atoms with E-state index in [0.29, 0.717) is 12.4 Å². The molecular weight excluding hydrogens is 460 g/mol. The van der Waals surface area contributed by atoms with Crippen LogP contribution in [-0.2, 0) is 9.53 Å². The van der Waals surface area contributed by atoms with Crippen LogP contribution in [0.2, 0.25) is 0 Å². The minimum Gasteiger partial charge on any atom is -0.453 e. The molecule has 1 saturated carbocycles. The summed E-state index contributed by atoms with van der Waals surface area (Å²) in [6.07, 6.45) is 10.4. The fourth-order valence-corrected chi connectivity index (χ4v) is 4.72. The Kier molecular flexibility index (Phi) is 6.75. The zero-order valence-electron chi connectivity index (χ0n) is 17.5. The summed E-state index contributed by atoms with van der Waals surface area (Å²) in [5.74, 6) is 0.742. The number of amides is 2. The summed E-state index contributed by atoms with van der Waals surface area (Å²) < 4.78 is 5.81. The number of benzene rings is 1. The largest absolute Gasteiger partial charge is 0.453 e. The lowest BCUT2D eigenvalue weighted by Crippen LogP contribution is -2.52. The molecule has 0 radical (unpaired) electrons. The van der Waals surface area contributed by atoms with Gasteiger partial charge in [-0.15, -0.1) is 0 Å². The second-order valence-corrected chi connectivity index (χ2v) is 8.97. The summed E-state index contributed by atoms with van der Waals surface area (Å²) >= 11 is 3.45. The van der Waals surface area contributed by atoms with Gasteiger partial charge in [0, 0.05) is 22.8 Å². The number of nitrogens with one attached hydrogen (secondary N) is 2. The molecule has 164 valence electrons. The van der Waals surface area contributed by atoms with Gasteiger partial charge < -0.3 is 19.9 Å². The van der Waals surface area contributed by atoms with E-state index in [1.165, 1.54) is 13.5 Å². The van der Waals surface area contributed by atoms with Crippen molar-refractivity contribution in [3.63, 3.8) is 0 Å². The van der Waals surface area contributed by atoms with Crippen LogP contribution in [0, 0.1) is 5.92 Å². The van der Waals surface area contributed by atoms with E-state index in [9.17, 15) is 9.59 Å². The number of alkyl carbamates (subject to hydrolysis) is 1. The standard InChI is InChI=1S/C23H27BrN4O3/c1-31-23(30)27-20(16-6-3-2-4-7-16)22(29)28-13-5-8-19(28)21-25-14-18(26-21)15-9-11-17(24)12-10-15/h5,8-12,14,16,19-20H,2-4,6-7,13H2,1H3,(H,25,26)(H,27,30)/t19-,20+/m0/s1. The molecule has 1 aromatic heterocycles. The third-order valence-electron chi connectivity index (χ3n) is 6.10. The Labute approximate surface area is 190 Å². The van der Waals surface area contributed by atoms with Gasteiger partial charge in [0.05, 0.1) is 12.8 Å². The fraction of sp³-hybridized carbons (Fsp3) is 0.435. The topological polar surface area (TPSA) is 87.3 Å². The molecule has 1 aromatic carbocycles. The fourth-order valence-electron chi connectivity index (χ4n) is 4.46. The van der Waals surface area contributed by atoms with Crippen LogP contribution in [0.15, 0.2) is 47.1 Å². The molecule has 7 nitrogen and oxygen atoms in total. The first-order chi connectivity index (χ1) is 15.1. The van der Waals surface area contributed by atoms with Crippen LogP contribution in [-0.4, -0.2) is 46.6 Å². The van der Waals surface area contributed by atoms with Gasteiger partial charge in [-0.3, -0.25) is 4.79 Å². The summed E-state index contributed by atoms with van der Waals surface area (Å²) in [6, 6.07) is 7.07. The number of methoxy groups -OCH3 is 1. The molecule has 0 unspecified atom stereocenters. The average Bonchev–Trinajstić information content (AvgIpc) is 3.47. The molecule has 4 rings (SSSR count). The van der Waals surface area contributed by atoms with E-state index in [1.54, 1.807) is 4.90 Å². The highest BCUT2D eigenvalue weighted by molar-refractivity contribution is 9.10. The number of carbonyl (C=O) groups is 2. The zero-order chi connectivity index (χ0) is 21.8. The predicted molar refractivity (Wildman–Crippen MR) is 121 cm³/mol. The maximum Gasteiger partial charge on any atom is 0.407 e. The highest BCUT2D eigenvalue weighted by Gasteiger charge is 2.38. The Morgan fingerprint density at radius 3 is 2.68 bits per heavy atom. The third-order valence-corrected chi connectivity index (χ3v) is 6.63. The maximum absolute atomic E-state index is 13.6. The highest BCUT2D eigenvalue weighted by atomic mass is 79.9. The first kappa shape index (κ1) is 21.6. The lowest BCUT2D eigenvalue weighted by molar-refractivity contribution is -0.135. The molecule has 2 atom stereocenters. The van der Waals surface area contributed by atoms with Crippen molar-refractivity contribution in [3.8, 4) is 11.3 Å². The number of hydrogen-bond donors (Lipinski definition) is 2. The van der Waals surface area contributed by atoms with Crippen molar-refractivity contribution < 1.29 is 14.3 Å². The lowest BCUT2D eigenvalue weighted by atomic mass is 9.83. The minimum absolute atomic E-state index is 0.0890. The third kappa shape index (κ3) is 4.84. The van der Waals surface area contributed by atoms with E-state index in [2.05, 4.69) is 26.2 Å². The van der Waals surface area contributed by atoms with E-state index < -0.39 is 12.1 Å². The second kappa shape index (κ2) is 9.68. The summed E-state index contributed by atoms with van der Waals surface area (Å²) in [4.78, 5) is 35.3. The number of imidazole rings is 1. The molecule has 1 fully saturated rings. The van der Waals surface area contributed by atoms with Crippen LogP contribution in [0.3, 0.4) is 0 Å². The Hall–Kier alpha value is -2.61. The molecule has 8 heteroatoms. The first-order valence-corrected chi connectivity index (χ1v) is 11.5. The van der Waals surface area contributed by atoms with Crippen LogP contribution in [0.25, 0.3) is 11.3 Å². The molecular formula is C23H27BrN4O3. The Balaban J connectivity index is 1.54. The number of nitrogens with zero attached hydrogens (tertiary/aromatic N) is 2. The van der Waals surface area contributed by atoms with Gasteiger partial charge in [-0.05, 0) is 30.9 Å². The van der Waals surface area contributed by atoms with E-state index in [1.807, 2.05) is 42.6 Å². The van der Waals surface area contributed by atoms with E-state index in [-0.39, 0.29) is 17.9 Å². The van der Waals surface area contributed by atoms with Crippen LogP contribution in [0.5, 0.6) is 0 Å². The van der Waals surface area contributed by atoms with Crippen LogP contribution in [0.1, 0.15) is 44.0 Å². The zero-order valence-corrected chi connectivity index (χ0v) is 19.1. The van der Waals surface area contributed by atoms with Gasteiger partial charge in [0.1, 0.15) is 17.9 Å². The summed E-state index contributed by atoms with van der Waals surface area (Å²) in [5, 5.41) is 2.81. The number of aromatic nitrogens is 2. The van der Waals surface area contributed by atoms with Crippen molar-refractivity contribution in [2.75, 3.05) is 13.7 Å². The average molecular weight is 487 g/mol. The molecule has 2 N–H and O–H groups in total. The number of carbonyl (C=O) groups excluding carboxylic acids is 2. The van der Waals surface area contributed by atoms with Crippen LogP contribution < -0.4 is 5.32 Å². The van der Waals surface area contributed by atoms with Gasteiger partial charge >= 0.3 is 6.09 Å². The molecule has 0 bridgehead atoms. The molecule has 1 aliphatic heterocycles. The summed E-state index contributed by atoms with van der Waals surface area (Å²) in [5.41, 5.74) is 1.82. The van der Waals surface area contributed by atoms with Gasteiger partial charge in [-0.1, -0.05) is 59.5 Å². The Morgan fingerprint density at radius 1 is 1.23 bits per heavy atom. The van der Waals surface area contributed by atoms with Crippen molar-refractivity contribution in [2.45, 2.75) is 44.2 Å². The van der Waals surface area contributed by atoms with Gasteiger partial charge in [-0.25, -0.2) is 9.78 Å². The predicted octanol–water partition coefficient (Wildman–Crippen LogP) is 4.58. The second-order valence-electron chi connectivity index (χ2n) is 8.05. The maximum atomic E-state index is 13.6. The molecule has 2 aliphatic rings. The molecule has 0 saturated heterocycles. The quantitative estimate of drug-likeness (QED) is 0.605. The van der Waals surface area contributed by atoms with Crippen molar-refractivity contribution in [3.05, 3.63) is 52.9 Å². The van der Waals surface area contributed by atoms with Gasteiger partial charge in [0.2, 0.25) is 5.91 Å². The molecule has 2 heterocycles. The molecule has 2 aromatic rings. The van der Waals surface area contributed by atoms with Crippen LogP contribution >= 0.6 is 15.9 Å². The number of ether oxygens (including phenoxy) is 1. The first-order valence-electron chi connectivity index (χ1n) is 10.7. The minimum atomic E-state index is -0.587. The lowest BCUT2D eigenvalue weighted by Gasteiger charge is -2.34. The smallest absolute Gasteiger partial charge is 0.407 e. The number of aromatic amines is 1. The summed E-state index contributed by atoms with van der Waals surface area (Å²) in [7, 11) is 1.32. The van der Waals surface area contributed by atoms with Crippen LogP contribution in [0.4, 0.5) is 4.79 Å². The molecule has 2 amide bonds. The highest BCUT2D eigenvalue weighted by Crippen LogP contribution is 2.32. The number of rotatable bonds is 5. The Bertz CT molecular complexity index is 950. The van der Waals surface area contributed by atoms with E-state index in [0.717, 1.165) is 41.4 Å². The van der Waals surface area contributed by atoms with E-state index >= 15 is 0 Å². The van der Waals surface area contributed by atoms with E-state index in [4.69, 9.17) is 9.72 Å². The van der Waals surface area contributed by atoms with Crippen molar-refractivity contribution in [1.82, 2.24) is 20.2 Å². The number of halogens is 1. The summed E-state index contributed by atoms with van der Waals surface area (Å²) in [6.45, 7) is 0.490. The molecule has 0 spiro atoms.